The molecule has 0 radical (unpaired) electrons. The Labute approximate surface area is 194 Å². The number of aryl methyl sites for hydroxylation is 1. The molecule has 2 aromatic carbocycles. The molecule has 0 spiro atoms. The van der Waals surface area contributed by atoms with Crippen LogP contribution in [0.3, 0.4) is 0 Å². The number of carbonyl (C=O) groups is 1. The van der Waals surface area contributed by atoms with E-state index in [1.165, 1.54) is 47.5 Å². The van der Waals surface area contributed by atoms with E-state index in [9.17, 15) is 13.6 Å². The molecule has 176 valence electrons. The summed E-state index contributed by atoms with van der Waals surface area (Å²) in [6.07, 6.45) is 4.79. The number of likely N-dealkylation sites (tertiary alicyclic amines) is 1. The molecule has 1 saturated heterocycles. The Kier molecular flexibility index (Phi) is 5.72. The number of piperidine rings is 1. The number of rotatable bonds is 5. The summed E-state index contributed by atoms with van der Waals surface area (Å²) in [4.78, 5) is 21.2. The van der Waals surface area contributed by atoms with Crippen LogP contribution in [0.2, 0.25) is 0 Å². The van der Waals surface area contributed by atoms with Crippen molar-refractivity contribution in [1.82, 2.24) is 24.9 Å². The number of hydrogen-bond acceptors (Lipinski definition) is 6. The number of oxazole rings is 1. The van der Waals surface area contributed by atoms with Gasteiger partial charge in [-0.1, -0.05) is 6.92 Å². The van der Waals surface area contributed by atoms with Gasteiger partial charge in [0.1, 0.15) is 22.8 Å². The average molecular weight is 466 g/mol. The maximum atomic E-state index is 14.2. The minimum Gasteiger partial charge on any atom is -0.424 e. The maximum absolute atomic E-state index is 14.2. The molecule has 2 aromatic heterocycles. The van der Waals surface area contributed by atoms with E-state index >= 15 is 0 Å². The number of nitrogens with zero attached hydrogens (tertiary/aromatic N) is 5. The number of hydrogen-bond donors (Lipinski definition) is 1. The van der Waals surface area contributed by atoms with Gasteiger partial charge in [0, 0.05) is 25.2 Å². The molecule has 8 nitrogen and oxygen atoms in total. The summed E-state index contributed by atoms with van der Waals surface area (Å²) in [7, 11) is 0. The number of benzene rings is 2. The SMILES string of the molecule is Cc1cc(F)cc(-n2nccn2)c1C(=O)N1CCC[C@@H](C)[C@H]1CNc1nc2cc(F)ccc2o1. The van der Waals surface area contributed by atoms with E-state index in [1.807, 2.05) is 4.90 Å². The van der Waals surface area contributed by atoms with E-state index in [2.05, 4.69) is 27.4 Å². The van der Waals surface area contributed by atoms with Gasteiger partial charge in [0.25, 0.3) is 11.9 Å². The predicted molar refractivity (Wildman–Crippen MR) is 122 cm³/mol. The van der Waals surface area contributed by atoms with Crippen LogP contribution in [0, 0.1) is 24.5 Å². The molecule has 2 atom stereocenters. The third-order valence-electron chi connectivity index (χ3n) is 6.32. The molecular formula is C24H24F2N6O2. The lowest BCUT2D eigenvalue weighted by molar-refractivity contribution is 0.0538. The van der Waals surface area contributed by atoms with Crippen LogP contribution >= 0.6 is 0 Å². The molecule has 0 saturated carbocycles. The van der Waals surface area contributed by atoms with Gasteiger partial charge in [-0.15, -0.1) is 0 Å². The van der Waals surface area contributed by atoms with Crippen molar-refractivity contribution in [1.29, 1.82) is 0 Å². The lowest BCUT2D eigenvalue weighted by Crippen LogP contribution is -2.51. The highest BCUT2D eigenvalue weighted by atomic mass is 19.1. The zero-order valence-electron chi connectivity index (χ0n) is 18.8. The van der Waals surface area contributed by atoms with Gasteiger partial charge >= 0.3 is 0 Å². The quantitative estimate of drug-likeness (QED) is 0.471. The summed E-state index contributed by atoms with van der Waals surface area (Å²) in [5.74, 6) is -0.844. The second kappa shape index (κ2) is 8.85. The average Bonchev–Trinajstić information content (AvgIpc) is 3.47. The molecule has 10 heteroatoms. The molecule has 1 aliphatic heterocycles. The largest absolute Gasteiger partial charge is 0.424 e. The minimum atomic E-state index is -0.459. The van der Waals surface area contributed by atoms with Crippen molar-refractivity contribution >= 4 is 23.0 Å². The van der Waals surface area contributed by atoms with E-state index in [4.69, 9.17) is 4.42 Å². The van der Waals surface area contributed by atoms with Gasteiger partial charge in [0.15, 0.2) is 5.58 Å². The van der Waals surface area contributed by atoms with Gasteiger partial charge in [-0.2, -0.15) is 20.0 Å². The van der Waals surface area contributed by atoms with Crippen LogP contribution in [0.25, 0.3) is 16.8 Å². The summed E-state index contributed by atoms with van der Waals surface area (Å²) < 4.78 is 33.4. The maximum Gasteiger partial charge on any atom is 0.295 e. The standard InChI is InChI=1S/C24H24F2N6O2/c1-14-4-3-9-31(20(14)13-27-24-30-18-11-16(25)5-6-21(18)34-24)23(33)22-15(2)10-17(26)12-19(22)32-28-7-8-29-32/h5-8,10-12,14,20H,3-4,9,13H2,1-2H3,(H,27,30)/t14-,20-/m1/s1. The fourth-order valence-electron chi connectivity index (χ4n) is 4.63. The molecule has 0 bridgehead atoms. The minimum absolute atomic E-state index is 0.157. The second-order valence-electron chi connectivity index (χ2n) is 8.63. The highest BCUT2D eigenvalue weighted by molar-refractivity contribution is 5.99. The Morgan fingerprint density at radius 3 is 2.76 bits per heavy atom. The van der Waals surface area contributed by atoms with E-state index in [1.54, 1.807) is 6.92 Å². The van der Waals surface area contributed by atoms with Crippen molar-refractivity contribution in [3.05, 3.63) is 65.5 Å². The number of carbonyl (C=O) groups excluding carboxylic acids is 1. The molecule has 34 heavy (non-hydrogen) atoms. The number of aromatic nitrogens is 4. The Morgan fingerprint density at radius 2 is 1.97 bits per heavy atom. The number of fused-ring (bicyclic) bond motifs is 1. The Morgan fingerprint density at radius 1 is 1.18 bits per heavy atom. The summed E-state index contributed by atoms with van der Waals surface area (Å²) in [5.41, 5.74) is 2.09. The van der Waals surface area contributed by atoms with Crippen molar-refractivity contribution in [3.63, 3.8) is 0 Å². The number of nitrogens with one attached hydrogen (secondary N) is 1. The molecule has 1 N–H and O–H groups in total. The van der Waals surface area contributed by atoms with Crippen LogP contribution in [0.15, 0.2) is 47.1 Å². The highest BCUT2D eigenvalue weighted by Gasteiger charge is 2.34. The molecular weight excluding hydrogens is 442 g/mol. The van der Waals surface area contributed by atoms with E-state index in [0.29, 0.717) is 41.0 Å². The van der Waals surface area contributed by atoms with Gasteiger partial charge in [0.05, 0.1) is 24.0 Å². The molecule has 3 heterocycles. The van der Waals surface area contributed by atoms with Crippen molar-refractivity contribution < 1.29 is 18.0 Å². The van der Waals surface area contributed by atoms with Crippen molar-refractivity contribution in [2.45, 2.75) is 32.7 Å². The van der Waals surface area contributed by atoms with Crippen LogP contribution < -0.4 is 5.32 Å². The monoisotopic (exact) mass is 466 g/mol. The summed E-state index contributed by atoms with van der Waals surface area (Å²) in [5, 5.41) is 11.4. The fraction of sp³-hybridized carbons (Fsp3) is 0.333. The zero-order chi connectivity index (χ0) is 23.8. The van der Waals surface area contributed by atoms with Crippen molar-refractivity contribution in [3.8, 4) is 5.69 Å². The summed E-state index contributed by atoms with van der Waals surface area (Å²) in [6.45, 7) is 4.77. The van der Waals surface area contributed by atoms with Crippen molar-refractivity contribution in [2.75, 3.05) is 18.4 Å². The summed E-state index contributed by atoms with van der Waals surface area (Å²) in [6, 6.07) is 6.89. The van der Waals surface area contributed by atoms with E-state index in [-0.39, 0.29) is 29.7 Å². The number of halogens is 2. The zero-order valence-corrected chi connectivity index (χ0v) is 18.8. The van der Waals surface area contributed by atoms with Crippen LogP contribution in [-0.2, 0) is 0 Å². The molecule has 4 aromatic rings. The van der Waals surface area contributed by atoms with Gasteiger partial charge in [-0.25, -0.2) is 8.78 Å². The molecule has 0 aliphatic carbocycles. The second-order valence-corrected chi connectivity index (χ2v) is 8.63. The smallest absolute Gasteiger partial charge is 0.295 e. The Hall–Kier alpha value is -3.82. The van der Waals surface area contributed by atoms with Crippen LogP contribution in [0.5, 0.6) is 0 Å². The first-order chi connectivity index (χ1) is 16.4. The first kappa shape index (κ1) is 22.0. The lowest BCUT2D eigenvalue weighted by Gasteiger charge is -2.40. The predicted octanol–water partition coefficient (Wildman–Crippen LogP) is 4.35. The fourth-order valence-corrected chi connectivity index (χ4v) is 4.63. The highest BCUT2D eigenvalue weighted by Crippen LogP contribution is 2.29. The van der Waals surface area contributed by atoms with Crippen LogP contribution in [0.1, 0.15) is 35.7 Å². The van der Waals surface area contributed by atoms with Crippen LogP contribution in [-0.4, -0.2) is 49.9 Å². The van der Waals surface area contributed by atoms with Crippen LogP contribution in [0.4, 0.5) is 14.8 Å². The van der Waals surface area contributed by atoms with Crippen molar-refractivity contribution in [2.24, 2.45) is 5.92 Å². The molecule has 1 fully saturated rings. The topological polar surface area (TPSA) is 89.1 Å². The van der Waals surface area contributed by atoms with Gasteiger partial charge in [0.2, 0.25) is 0 Å². The van der Waals surface area contributed by atoms with Gasteiger partial charge in [-0.3, -0.25) is 4.79 Å². The molecule has 1 amide bonds. The van der Waals surface area contributed by atoms with E-state index < -0.39 is 5.82 Å². The third-order valence-corrected chi connectivity index (χ3v) is 6.32. The summed E-state index contributed by atoms with van der Waals surface area (Å²) >= 11 is 0. The van der Waals surface area contributed by atoms with Gasteiger partial charge in [-0.05, 0) is 49.4 Å². The first-order valence-electron chi connectivity index (χ1n) is 11.2. The Bertz CT molecular complexity index is 1340. The lowest BCUT2D eigenvalue weighted by atomic mass is 9.89. The normalized spacial score (nSPS) is 18.4. The van der Waals surface area contributed by atoms with E-state index in [0.717, 1.165) is 12.8 Å². The Balaban J connectivity index is 1.43. The molecule has 5 rings (SSSR count). The van der Waals surface area contributed by atoms with Gasteiger partial charge < -0.3 is 14.6 Å². The molecule has 1 aliphatic rings. The molecule has 0 unspecified atom stereocenters. The number of amides is 1. The first-order valence-corrected chi connectivity index (χ1v) is 11.2. The third kappa shape index (κ3) is 4.11. The number of anilines is 1.